The molecule has 1 unspecified atom stereocenters. The molecule has 1 aliphatic rings. The number of rotatable bonds is 6. The summed E-state index contributed by atoms with van der Waals surface area (Å²) in [5.74, 6) is -0.988. The summed E-state index contributed by atoms with van der Waals surface area (Å²) in [6.45, 7) is 3.89. The van der Waals surface area contributed by atoms with Crippen molar-refractivity contribution in [3.05, 3.63) is 40.6 Å². The van der Waals surface area contributed by atoms with Crippen molar-refractivity contribution in [1.29, 1.82) is 0 Å². The van der Waals surface area contributed by atoms with Crippen LogP contribution in [0, 0.1) is 13.8 Å². The van der Waals surface area contributed by atoms with Crippen LogP contribution in [0.5, 0.6) is 0 Å². The third kappa shape index (κ3) is 3.64. The van der Waals surface area contributed by atoms with E-state index >= 15 is 0 Å². The van der Waals surface area contributed by atoms with E-state index in [1.165, 1.54) is 7.11 Å². The highest BCUT2D eigenvalue weighted by molar-refractivity contribution is 6.07. The minimum Gasteiger partial charge on any atom is -0.479 e. The summed E-state index contributed by atoms with van der Waals surface area (Å²) in [5.41, 5.74) is 4.40. The molecule has 1 heterocycles. The Morgan fingerprint density at radius 2 is 2.04 bits per heavy atom. The van der Waals surface area contributed by atoms with E-state index < -0.39 is 12.1 Å². The molecule has 2 aromatic rings. The number of aliphatic carboxylic acids is 1. The van der Waals surface area contributed by atoms with Gasteiger partial charge in [0, 0.05) is 24.1 Å². The molecule has 1 fully saturated rings. The molecule has 132 valence electrons. The van der Waals surface area contributed by atoms with E-state index in [1.54, 1.807) is 0 Å². The maximum absolute atomic E-state index is 12.7. The Kier molecular flexibility index (Phi) is 4.72. The Balaban J connectivity index is 1.98. The van der Waals surface area contributed by atoms with Crippen LogP contribution in [0.4, 0.5) is 0 Å². The molecule has 0 aliphatic heterocycles. The molecule has 2 N–H and O–H groups in total. The summed E-state index contributed by atoms with van der Waals surface area (Å²) < 4.78 is 4.87. The van der Waals surface area contributed by atoms with Crippen LogP contribution >= 0.6 is 0 Å². The van der Waals surface area contributed by atoms with Gasteiger partial charge in [-0.3, -0.25) is 9.78 Å². The number of pyridine rings is 1. The van der Waals surface area contributed by atoms with E-state index in [0.717, 1.165) is 40.6 Å². The molecule has 1 aromatic heterocycles. The molecule has 1 aromatic carbocycles. The first-order valence-corrected chi connectivity index (χ1v) is 8.36. The van der Waals surface area contributed by atoms with Crippen LogP contribution in [0.25, 0.3) is 10.9 Å². The molecular formula is C19H22N2O4. The highest BCUT2D eigenvalue weighted by atomic mass is 16.5. The second-order valence-corrected chi connectivity index (χ2v) is 6.62. The Morgan fingerprint density at radius 3 is 2.64 bits per heavy atom. The van der Waals surface area contributed by atoms with Crippen LogP contribution in [0.1, 0.15) is 45.9 Å². The Labute approximate surface area is 146 Å². The van der Waals surface area contributed by atoms with Crippen molar-refractivity contribution in [2.24, 2.45) is 0 Å². The van der Waals surface area contributed by atoms with Crippen LogP contribution in [-0.4, -0.2) is 41.7 Å². The van der Waals surface area contributed by atoms with Crippen molar-refractivity contribution in [3.63, 3.8) is 0 Å². The second kappa shape index (κ2) is 6.80. The predicted octanol–water partition coefficient (Wildman–Crippen LogP) is 2.56. The van der Waals surface area contributed by atoms with Crippen molar-refractivity contribution in [1.82, 2.24) is 10.3 Å². The highest BCUT2D eigenvalue weighted by Gasteiger charge is 2.27. The van der Waals surface area contributed by atoms with Gasteiger partial charge < -0.3 is 15.2 Å². The first-order chi connectivity index (χ1) is 11.9. The van der Waals surface area contributed by atoms with Crippen molar-refractivity contribution >= 4 is 22.8 Å². The average molecular weight is 342 g/mol. The normalized spacial score (nSPS) is 15.2. The second-order valence-electron chi connectivity index (χ2n) is 6.62. The summed E-state index contributed by atoms with van der Waals surface area (Å²) in [7, 11) is 1.31. The molecule has 1 atom stereocenters. The topological polar surface area (TPSA) is 88.5 Å². The SMILES string of the molecule is COC(CNC(=O)c1cc(C2CC2)nc2c(C)cc(C)cc12)C(=O)O. The fraction of sp³-hybridized carbons (Fsp3) is 0.421. The van der Waals surface area contributed by atoms with Crippen LogP contribution in [0.15, 0.2) is 18.2 Å². The Bertz CT molecular complexity index is 843. The number of carboxylic acids is 1. The molecule has 0 radical (unpaired) electrons. The van der Waals surface area contributed by atoms with E-state index in [1.807, 2.05) is 26.0 Å². The van der Waals surface area contributed by atoms with Crippen LogP contribution in [-0.2, 0) is 9.53 Å². The number of ether oxygens (including phenoxy) is 1. The largest absolute Gasteiger partial charge is 0.479 e. The fourth-order valence-electron chi connectivity index (χ4n) is 3.03. The molecule has 0 saturated heterocycles. The fourth-order valence-corrected chi connectivity index (χ4v) is 3.03. The lowest BCUT2D eigenvalue weighted by Crippen LogP contribution is -2.38. The Morgan fingerprint density at radius 1 is 1.32 bits per heavy atom. The van der Waals surface area contributed by atoms with Gasteiger partial charge in [0.2, 0.25) is 0 Å². The lowest BCUT2D eigenvalue weighted by molar-refractivity contribution is -0.148. The molecule has 6 heteroatoms. The summed E-state index contributed by atoms with van der Waals surface area (Å²) in [6.07, 6.45) is 1.12. The third-order valence-corrected chi connectivity index (χ3v) is 4.52. The summed E-state index contributed by atoms with van der Waals surface area (Å²) >= 11 is 0. The van der Waals surface area contributed by atoms with E-state index in [0.29, 0.717) is 11.5 Å². The van der Waals surface area contributed by atoms with E-state index in [9.17, 15) is 9.59 Å². The number of benzene rings is 1. The van der Waals surface area contributed by atoms with Gasteiger partial charge in [-0.15, -0.1) is 0 Å². The first kappa shape index (κ1) is 17.4. The number of aromatic nitrogens is 1. The van der Waals surface area contributed by atoms with Crippen LogP contribution in [0.2, 0.25) is 0 Å². The number of nitrogens with zero attached hydrogens (tertiary/aromatic N) is 1. The maximum atomic E-state index is 12.7. The molecule has 6 nitrogen and oxygen atoms in total. The summed E-state index contributed by atoms with van der Waals surface area (Å²) in [4.78, 5) is 28.5. The molecule has 25 heavy (non-hydrogen) atoms. The zero-order chi connectivity index (χ0) is 18.1. The third-order valence-electron chi connectivity index (χ3n) is 4.52. The van der Waals surface area contributed by atoms with E-state index in [2.05, 4.69) is 11.4 Å². The predicted molar refractivity (Wildman–Crippen MR) is 94.0 cm³/mol. The van der Waals surface area contributed by atoms with Gasteiger partial charge in [-0.25, -0.2) is 4.79 Å². The number of carbonyl (C=O) groups excluding carboxylic acids is 1. The van der Waals surface area contributed by atoms with E-state index in [-0.39, 0.29) is 12.5 Å². The Hall–Kier alpha value is -2.47. The van der Waals surface area contributed by atoms with Crippen molar-refractivity contribution in [2.45, 2.75) is 38.7 Å². The summed E-state index contributed by atoms with van der Waals surface area (Å²) in [6, 6.07) is 5.85. The number of amides is 1. The number of hydrogen-bond donors (Lipinski definition) is 2. The smallest absolute Gasteiger partial charge is 0.334 e. The molecule has 1 aliphatic carbocycles. The maximum Gasteiger partial charge on any atom is 0.334 e. The van der Waals surface area contributed by atoms with Gasteiger partial charge in [-0.2, -0.15) is 0 Å². The van der Waals surface area contributed by atoms with Crippen LogP contribution < -0.4 is 5.32 Å². The van der Waals surface area contributed by atoms with E-state index in [4.69, 9.17) is 14.8 Å². The standard InChI is InChI=1S/C19H22N2O4/c1-10-6-11(2)17-13(7-10)14(8-15(21-17)12-4-5-12)18(22)20-9-16(25-3)19(23)24/h6-8,12,16H,4-5,9H2,1-3H3,(H,20,22)(H,23,24). The lowest BCUT2D eigenvalue weighted by atomic mass is 10.00. The van der Waals surface area contributed by atoms with Crippen molar-refractivity contribution in [3.8, 4) is 0 Å². The van der Waals surface area contributed by atoms with Gasteiger partial charge in [-0.05, 0) is 44.4 Å². The number of fused-ring (bicyclic) bond motifs is 1. The van der Waals surface area contributed by atoms with Crippen molar-refractivity contribution < 1.29 is 19.4 Å². The molecule has 1 amide bonds. The highest BCUT2D eigenvalue weighted by Crippen LogP contribution is 2.40. The van der Waals surface area contributed by atoms with Crippen molar-refractivity contribution in [2.75, 3.05) is 13.7 Å². The van der Waals surface area contributed by atoms with Gasteiger partial charge >= 0.3 is 5.97 Å². The zero-order valence-corrected chi connectivity index (χ0v) is 14.6. The number of carboxylic acid groups (broad SMARTS) is 1. The quantitative estimate of drug-likeness (QED) is 0.842. The van der Waals surface area contributed by atoms with Gasteiger partial charge in [0.15, 0.2) is 6.10 Å². The summed E-state index contributed by atoms with van der Waals surface area (Å²) in [5, 5.41) is 12.5. The number of carbonyl (C=O) groups is 2. The average Bonchev–Trinajstić information content (AvgIpc) is 3.39. The number of aryl methyl sites for hydroxylation is 2. The number of hydrogen-bond acceptors (Lipinski definition) is 4. The molecule has 3 rings (SSSR count). The van der Waals surface area contributed by atoms with Gasteiger partial charge in [0.25, 0.3) is 5.91 Å². The van der Waals surface area contributed by atoms with Crippen LogP contribution in [0.3, 0.4) is 0 Å². The number of methoxy groups -OCH3 is 1. The van der Waals surface area contributed by atoms with Gasteiger partial charge in [-0.1, -0.05) is 11.6 Å². The molecule has 0 bridgehead atoms. The first-order valence-electron chi connectivity index (χ1n) is 8.36. The monoisotopic (exact) mass is 342 g/mol. The minimum atomic E-state index is -1.10. The van der Waals surface area contributed by atoms with Gasteiger partial charge in [0.1, 0.15) is 0 Å². The molecular weight excluding hydrogens is 320 g/mol. The number of nitrogens with one attached hydrogen (secondary N) is 1. The molecule has 1 saturated carbocycles. The zero-order valence-electron chi connectivity index (χ0n) is 14.6. The molecule has 0 spiro atoms. The van der Waals surface area contributed by atoms with Gasteiger partial charge in [0.05, 0.1) is 17.6 Å². The minimum absolute atomic E-state index is 0.0853. The lowest BCUT2D eigenvalue weighted by Gasteiger charge is -2.14.